The summed E-state index contributed by atoms with van der Waals surface area (Å²) in [4.78, 5) is 13.0. The van der Waals surface area contributed by atoms with Gasteiger partial charge in [-0.15, -0.1) is 0 Å². The number of nitrogens with one attached hydrogen (secondary N) is 1. The molecule has 3 aromatic carbocycles. The van der Waals surface area contributed by atoms with Crippen LogP contribution in [0.3, 0.4) is 0 Å². The quantitative estimate of drug-likeness (QED) is 0.504. The van der Waals surface area contributed by atoms with E-state index in [1.54, 1.807) is 49.6 Å². The number of carbonyl (C=O) groups is 1. The summed E-state index contributed by atoms with van der Waals surface area (Å²) in [7, 11) is 1.57. The molecule has 1 heterocycles. The van der Waals surface area contributed by atoms with E-state index in [9.17, 15) is 13.6 Å². The van der Waals surface area contributed by atoms with Crippen LogP contribution in [0.2, 0.25) is 0 Å². The number of hydrogen-bond donors (Lipinski definition) is 1. The van der Waals surface area contributed by atoms with Gasteiger partial charge in [0.1, 0.15) is 23.1 Å². The third-order valence-electron chi connectivity index (χ3n) is 4.50. The van der Waals surface area contributed by atoms with Crippen molar-refractivity contribution in [1.29, 1.82) is 0 Å². The van der Waals surface area contributed by atoms with Crippen LogP contribution in [0.15, 0.2) is 78.9 Å². The average Bonchev–Trinajstić information content (AvgIpc) is 3.21. The van der Waals surface area contributed by atoms with Crippen LogP contribution < -0.4 is 10.1 Å². The van der Waals surface area contributed by atoms with Crippen molar-refractivity contribution in [3.63, 3.8) is 0 Å². The van der Waals surface area contributed by atoms with Gasteiger partial charge in [0.15, 0.2) is 0 Å². The Morgan fingerprint density at radius 2 is 1.50 bits per heavy atom. The van der Waals surface area contributed by atoms with Gasteiger partial charge in [0.05, 0.1) is 18.5 Å². The second kappa shape index (κ2) is 8.16. The van der Waals surface area contributed by atoms with Crippen molar-refractivity contribution in [3.05, 3.63) is 96.2 Å². The summed E-state index contributed by atoms with van der Waals surface area (Å²) in [6, 6.07) is 20.0. The minimum Gasteiger partial charge on any atom is -0.497 e. The Labute approximate surface area is 171 Å². The van der Waals surface area contributed by atoms with Crippen molar-refractivity contribution in [2.75, 3.05) is 12.4 Å². The molecule has 150 valence electrons. The largest absolute Gasteiger partial charge is 0.497 e. The van der Waals surface area contributed by atoms with Gasteiger partial charge in [0.25, 0.3) is 5.91 Å². The lowest BCUT2D eigenvalue weighted by molar-refractivity contribution is 0.101. The van der Waals surface area contributed by atoms with Crippen molar-refractivity contribution < 1.29 is 18.3 Å². The smallest absolute Gasteiger partial charge is 0.274 e. The van der Waals surface area contributed by atoms with E-state index in [0.29, 0.717) is 28.4 Å². The molecule has 1 N–H and O–H groups in total. The highest BCUT2D eigenvalue weighted by Gasteiger charge is 2.18. The fraction of sp³-hybridized carbons (Fsp3) is 0.0435. The third kappa shape index (κ3) is 4.05. The van der Waals surface area contributed by atoms with Gasteiger partial charge in [-0.2, -0.15) is 5.10 Å². The van der Waals surface area contributed by atoms with Gasteiger partial charge in [-0.05, 0) is 78.9 Å². The Hall–Kier alpha value is -4.00. The fourth-order valence-electron chi connectivity index (χ4n) is 2.95. The van der Waals surface area contributed by atoms with Gasteiger partial charge in [0, 0.05) is 11.3 Å². The van der Waals surface area contributed by atoms with Crippen LogP contribution in [0.25, 0.3) is 16.9 Å². The molecule has 4 rings (SSSR count). The van der Waals surface area contributed by atoms with Crippen molar-refractivity contribution in [1.82, 2.24) is 9.78 Å². The summed E-state index contributed by atoms with van der Waals surface area (Å²) in [5.74, 6) is -0.502. The van der Waals surface area contributed by atoms with Crippen LogP contribution in [0.1, 0.15) is 10.5 Å². The molecule has 0 bridgehead atoms. The molecule has 0 aliphatic heterocycles. The van der Waals surface area contributed by atoms with Crippen LogP contribution in [0.5, 0.6) is 5.75 Å². The summed E-state index contributed by atoms with van der Waals surface area (Å²) in [6.45, 7) is 0. The number of rotatable bonds is 5. The lowest BCUT2D eigenvalue weighted by atomic mass is 10.1. The molecule has 0 aliphatic carbocycles. The predicted octanol–water partition coefficient (Wildman–Crippen LogP) is 5.08. The summed E-state index contributed by atoms with van der Waals surface area (Å²) in [6.07, 6.45) is 0. The predicted molar refractivity (Wildman–Crippen MR) is 110 cm³/mol. The number of amides is 1. The van der Waals surface area contributed by atoms with E-state index in [1.807, 2.05) is 0 Å². The summed E-state index contributed by atoms with van der Waals surface area (Å²) in [5, 5.41) is 7.29. The maximum absolute atomic E-state index is 13.3. The fourth-order valence-corrected chi connectivity index (χ4v) is 2.95. The molecular formula is C23H17F2N3O2. The number of hydrogen-bond acceptors (Lipinski definition) is 3. The number of halogens is 2. The van der Waals surface area contributed by atoms with Crippen molar-refractivity contribution >= 4 is 11.6 Å². The summed E-state index contributed by atoms with van der Waals surface area (Å²) in [5.41, 5.74) is 2.54. The molecule has 0 atom stereocenters. The Kier molecular flexibility index (Phi) is 5.26. The third-order valence-corrected chi connectivity index (χ3v) is 4.50. The van der Waals surface area contributed by atoms with Gasteiger partial charge in [-0.3, -0.25) is 4.79 Å². The first kappa shape index (κ1) is 19.3. The zero-order chi connectivity index (χ0) is 21.1. The van der Waals surface area contributed by atoms with Gasteiger partial charge < -0.3 is 10.1 Å². The number of anilines is 1. The lowest BCUT2D eigenvalue weighted by Crippen LogP contribution is -2.17. The molecule has 1 amide bonds. The molecule has 5 nitrogen and oxygen atoms in total. The molecule has 0 saturated carbocycles. The Morgan fingerprint density at radius 1 is 0.900 bits per heavy atom. The summed E-state index contributed by atoms with van der Waals surface area (Å²) < 4.78 is 33.1. The zero-order valence-corrected chi connectivity index (χ0v) is 16.0. The molecule has 30 heavy (non-hydrogen) atoms. The minimum atomic E-state index is -0.418. The second-order valence-electron chi connectivity index (χ2n) is 6.49. The van der Waals surface area contributed by atoms with Crippen LogP contribution in [0.4, 0.5) is 14.5 Å². The highest BCUT2D eigenvalue weighted by atomic mass is 19.1. The normalized spacial score (nSPS) is 10.6. The monoisotopic (exact) mass is 405 g/mol. The lowest BCUT2D eigenvalue weighted by Gasteiger charge is -2.09. The van der Waals surface area contributed by atoms with Crippen LogP contribution in [-0.2, 0) is 0 Å². The highest BCUT2D eigenvalue weighted by Crippen LogP contribution is 2.24. The number of nitrogens with zero attached hydrogens (tertiary/aromatic N) is 2. The van der Waals surface area contributed by atoms with Gasteiger partial charge in [-0.1, -0.05) is 0 Å². The minimum absolute atomic E-state index is 0.267. The van der Waals surface area contributed by atoms with E-state index in [1.165, 1.54) is 41.1 Å². The molecule has 0 unspecified atom stereocenters. The molecule has 7 heteroatoms. The van der Waals surface area contributed by atoms with Crippen LogP contribution >= 0.6 is 0 Å². The van der Waals surface area contributed by atoms with E-state index in [2.05, 4.69) is 10.4 Å². The van der Waals surface area contributed by atoms with Gasteiger partial charge >= 0.3 is 0 Å². The molecule has 4 aromatic rings. The molecule has 0 radical (unpaired) electrons. The SMILES string of the molecule is COc1ccc(-n2nc(-c3ccc(F)cc3)cc2C(=O)Nc2ccc(F)cc2)cc1. The first-order valence-electron chi connectivity index (χ1n) is 9.11. The number of carbonyl (C=O) groups excluding carboxylic acids is 1. The van der Waals surface area contributed by atoms with E-state index in [-0.39, 0.29) is 11.5 Å². The van der Waals surface area contributed by atoms with Crippen molar-refractivity contribution in [2.45, 2.75) is 0 Å². The van der Waals surface area contributed by atoms with Crippen molar-refractivity contribution in [2.24, 2.45) is 0 Å². The Morgan fingerprint density at radius 3 is 2.10 bits per heavy atom. The number of methoxy groups -OCH3 is 1. The van der Waals surface area contributed by atoms with Gasteiger partial charge in [0.2, 0.25) is 0 Å². The zero-order valence-electron chi connectivity index (χ0n) is 16.0. The maximum Gasteiger partial charge on any atom is 0.274 e. The van der Waals surface area contributed by atoms with E-state index >= 15 is 0 Å². The molecule has 0 spiro atoms. The Bertz CT molecular complexity index is 1170. The standard InChI is InChI=1S/C23H17F2N3O2/c1-30-20-12-10-19(11-13-20)28-22(23(29)26-18-8-6-17(25)7-9-18)14-21(27-28)15-2-4-16(24)5-3-15/h2-14H,1H3,(H,26,29). The molecular weight excluding hydrogens is 388 g/mol. The van der Waals surface area contributed by atoms with E-state index in [4.69, 9.17) is 4.74 Å². The van der Waals surface area contributed by atoms with Crippen LogP contribution in [-0.4, -0.2) is 22.8 Å². The topological polar surface area (TPSA) is 56.2 Å². The second-order valence-corrected chi connectivity index (χ2v) is 6.49. The number of benzene rings is 3. The van der Waals surface area contributed by atoms with Crippen LogP contribution in [0, 0.1) is 11.6 Å². The Balaban J connectivity index is 1.74. The number of ether oxygens (including phenoxy) is 1. The number of aromatic nitrogens is 2. The molecule has 0 saturated heterocycles. The summed E-state index contributed by atoms with van der Waals surface area (Å²) >= 11 is 0. The maximum atomic E-state index is 13.3. The van der Waals surface area contributed by atoms with E-state index < -0.39 is 11.7 Å². The van der Waals surface area contributed by atoms with Crippen molar-refractivity contribution in [3.8, 4) is 22.7 Å². The average molecular weight is 405 g/mol. The van der Waals surface area contributed by atoms with E-state index in [0.717, 1.165) is 0 Å². The molecule has 0 aliphatic rings. The molecule has 0 fully saturated rings. The molecule has 1 aromatic heterocycles. The first-order valence-corrected chi connectivity index (χ1v) is 9.11. The van der Waals surface area contributed by atoms with Gasteiger partial charge in [-0.25, -0.2) is 13.5 Å². The first-order chi connectivity index (χ1) is 14.5. The highest BCUT2D eigenvalue weighted by molar-refractivity contribution is 6.04.